The molecule has 7 nitrogen and oxygen atoms in total. The van der Waals surface area contributed by atoms with Gasteiger partial charge in [-0.15, -0.1) is 11.3 Å². The maximum atomic E-state index is 5.68. The number of ether oxygens (including phenoxy) is 3. The van der Waals surface area contributed by atoms with Gasteiger partial charge in [0.25, 0.3) is 0 Å². The molecule has 1 aromatic heterocycles. The molecule has 0 bridgehead atoms. The molecule has 1 fully saturated rings. The highest BCUT2D eigenvalue weighted by Gasteiger charge is 2.15. The van der Waals surface area contributed by atoms with Crippen LogP contribution in [0.4, 0.5) is 0 Å². The molecular formula is C18H32N4O3S. The molecule has 8 heteroatoms. The van der Waals surface area contributed by atoms with Gasteiger partial charge in [0.1, 0.15) is 11.1 Å². The normalized spacial score (nSPS) is 18.9. The van der Waals surface area contributed by atoms with E-state index in [0.29, 0.717) is 26.3 Å². The average molecular weight is 385 g/mol. The highest BCUT2D eigenvalue weighted by molar-refractivity contribution is 7.09. The number of nitrogens with zero attached hydrogens (tertiary/aromatic N) is 3. The van der Waals surface area contributed by atoms with Gasteiger partial charge >= 0.3 is 0 Å². The van der Waals surface area contributed by atoms with Crippen molar-refractivity contribution in [2.45, 2.75) is 45.4 Å². The van der Waals surface area contributed by atoms with Crippen molar-refractivity contribution in [2.24, 2.45) is 4.99 Å². The van der Waals surface area contributed by atoms with Crippen LogP contribution in [0.5, 0.6) is 0 Å². The van der Waals surface area contributed by atoms with Crippen LogP contribution in [0.2, 0.25) is 0 Å². The molecule has 0 saturated carbocycles. The molecular weight excluding hydrogens is 352 g/mol. The summed E-state index contributed by atoms with van der Waals surface area (Å²) in [6, 6.07) is 0. The second-order valence-electron chi connectivity index (χ2n) is 6.36. The number of hydrogen-bond donors (Lipinski definition) is 1. The Labute approximate surface area is 160 Å². The Morgan fingerprint density at radius 3 is 3.12 bits per heavy atom. The van der Waals surface area contributed by atoms with Crippen molar-refractivity contribution in [3.05, 3.63) is 16.1 Å². The Balaban J connectivity index is 1.79. The van der Waals surface area contributed by atoms with Crippen LogP contribution in [0, 0.1) is 0 Å². The van der Waals surface area contributed by atoms with E-state index < -0.39 is 0 Å². The van der Waals surface area contributed by atoms with Crippen molar-refractivity contribution in [1.82, 2.24) is 15.2 Å². The first-order chi connectivity index (χ1) is 12.6. The van der Waals surface area contributed by atoms with Crippen LogP contribution in [0.3, 0.4) is 0 Å². The molecule has 1 aliphatic rings. The zero-order valence-corrected chi connectivity index (χ0v) is 17.2. The minimum absolute atomic E-state index is 0.0296. The summed E-state index contributed by atoms with van der Waals surface area (Å²) in [7, 11) is 3.72. The molecule has 0 aliphatic carbocycles. The molecule has 1 N–H and O–H groups in total. The van der Waals surface area contributed by atoms with E-state index in [2.05, 4.69) is 32.5 Å². The highest BCUT2D eigenvalue weighted by Crippen LogP contribution is 2.20. The van der Waals surface area contributed by atoms with E-state index in [4.69, 9.17) is 14.2 Å². The fraction of sp³-hybridized carbons (Fsp3) is 0.778. The van der Waals surface area contributed by atoms with Crippen LogP contribution in [-0.2, 0) is 20.8 Å². The lowest BCUT2D eigenvalue weighted by Gasteiger charge is -2.21. The number of hydrogen-bond acceptors (Lipinski definition) is 6. The lowest BCUT2D eigenvalue weighted by Crippen LogP contribution is -2.38. The zero-order valence-electron chi connectivity index (χ0n) is 16.4. The molecule has 0 aromatic carbocycles. The van der Waals surface area contributed by atoms with Crippen LogP contribution in [0.25, 0.3) is 0 Å². The van der Waals surface area contributed by atoms with Gasteiger partial charge in [0.05, 0.1) is 38.1 Å². The molecule has 2 rings (SSSR count). The Bertz CT molecular complexity index is 546. The topological polar surface area (TPSA) is 68.2 Å². The molecule has 1 saturated heterocycles. The first-order valence-electron chi connectivity index (χ1n) is 9.30. The number of guanidine groups is 1. The van der Waals surface area contributed by atoms with Crippen LogP contribution in [-0.4, -0.2) is 69.0 Å². The first-order valence-corrected chi connectivity index (χ1v) is 10.2. The van der Waals surface area contributed by atoms with Gasteiger partial charge in [0, 0.05) is 32.7 Å². The second kappa shape index (κ2) is 11.5. The third-order valence-corrected chi connectivity index (χ3v) is 5.25. The van der Waals surface area contributed by atoms with E-state index in [-0.39, 0.29) is 12.2 Å². The number of methoxy groups -OCH3 is 1. The second-order valence-corrected chi connectivity index (χ2v) is 7.25. The standard InChI is InChI=1S/C18H32N4O3S/c1-5-19-18(20-8-10-24-12-16-7-6-9-25-16)22(3)11-15-13-26-17(21-15)14(2)23-4/h13-14,16H,5-12H2,1-4H3,(H,19,20). The zero-order chi connectivity index (χ0) is 18.8. The van der Waals surface area contributed by atoms with Crippen molar-refractivity contribution in [3.63, 3.8) is 0 Å². The van der Waals surface area contributed by atoms with Crippen molar-refractivity contribution in [3.8, 4) is 0 Å². The fourth-order valence-electron chi connectivity index (χ4n) is 2.68. The summed E-state index contributed by atoms with van der Waals surface area (Å²) in [6.45, 7) is 8.37. The Morgan fingerprint density at radius 1 is 1.58 bits per heavy atom. The lowest BCUT2D eigenvalue weighted by molar-refractivity contribution is 0.0199. The van der Waals surface area contributed by atoms with E-state index >= 15 is 0 Å². The number of nitrogens with one attached hydrogen (secondary N) is 1. The predicted octanol–water partition coefficient (Wildman–Crippen LogP) is 2.44. The van der Waals surface area contributed by atoms with E-state index in [9.17, 15) is 0 Å². The third kappa shape index (κ3) is 6.83. The minimum Gasteiger partial charge on any atom is -0.377 e. The molecule has 148 valence electrons. The monoisotopic (exact) mass is 384 g/mol. The van der Waals surface area contributed by atoms with Crippen molar-refractivity contribution in [2.75, 3.05) is 47.1 Å². The molecule has 1 aromatic rings. The number of rotatable bonds is 10. The van der Waals surface area contributed by atoms with Gasteiger partial charge < -0.3 is 24.4 Å². The fourth-order valence-corrected chi connectivity index (χ4v) is 3.52. The molecule has 0 radical (unpaired) electrons. The average Bonchev–Trinajstić information content (AvgIpc) is 3.31. The summed E-state index contributed by atoms with van der Waals surface area (Å²) >= 11 is 1.63. The van der Waals surface area contributed by atoms with Gasteiger partial charge in [-0.3, -0.25) is 4.99 Å². The van der Waals surface area contributed by atoms with E-state index in [1.54, 1.807) is 18.4 Å². The van der Waals surface area contributed by atoms with Crippen molar-refractivity contribution < 1.29 is 14.2 Å². The Hall–Kier alpha value is -1.22. The summed E-state index contributed by atoms with van der Waals surface area (Å²) < 4.78 is 16.6. The van der Waals surface area contributed by atoms with Gasteiger partial charge in [-0.25, -0.2) is 4.98 Å². The number of aromatic nitrogens is 1. The highest BCUT2D eigenvalue weighted by atomic mass is 32.1. The van der Waals surface area contributed by atoms with Gasteiger partial charge in [-0.1, -0.05) is 0 Å². The number of thiazole rings is 1. The Kier molecular flexibility index (Phi) is 9.31. The van der Waals surface area contributed by atoms with Crippen molar-refractivity contribution in [1.29, 1.82) is 0 Å². The third-order valence-electron chi connectivity index (χ3n) is 4.19. The SMILES string of the molecule is CCNC(=NCCOCC1CCCO1)N(C)Cc1csc(C(C)OC)n1. The van der Waals surface area contributed by atoms with Crippen LogP contribution >= 0.6 is 11.3 Å². The molecule has 1 aliphatic heterocycles. The summed E-state index contributed by atoms with van der Waals surface area (Å²) in [4.78, 5) is 11.4. The maximum absolute atomic E-state index is 5.68. The van der Waals surface area contributed by atoms with E-state index in [1.165, 1.54) is 0 Å². The molecule has 26 heavy (non-hydrogen) atoms. The van der Waals surface area contributed by atoms with Gasteiger partial charge in [0.2, 0.25) is 0 Å². The maximum Gasteiger partial charge on any atom is 0.194 e. The summed E-state index contributed by atoms with van der Waals surface area (Å²) in [5, 5.41) is 6.40. The molecule has 0 spiro atoms. The van der Waals surface area contributed by atoms with Crippen LogP contribution < -0.4 is 5.32 Å². The molecule has 2 atom stereocenters. The minimum atomic E-state index is 0.0296. The largest absolute Gasteiger partial charge is 0.377 e. The van der Waals surface area contributed by atoms with Crippen LogP contribution in [0.1, 0.15) is 43.5 Å². The van der Waals surface area contributed by atoms with E-state index in [1.807, 2.05) is 14.0 Å². The summed E-state index contributed by atoms with van der Waals surface area (Å²) in [5.41, 5.74) is 1.02. The Morgan fingerprint density at radius 2 is 2.42 bits per heavy atom. The quantitative estimate of drug-likeness (QED) is 0.380. The molecule has 0 amide bonds. The van der Waals surface area contributed by atoms with Crippen LogP contribution in [0.15, 0.2) is 10.4 Å². The lowest BCUT2D eigenvalue weighted by atomic mass is 10.2. The smallest absolute Gasteiger partial charge is 0.194 e. The van der Waals surface area contributed by atoms with Gasteiger partial charge in [-0.2, -0.15) is 0 Å². The molecule has 2 unspecified atom stereocenters. The van der Waals surface area contributed by atoms with E-state index in [0.717, 1.165) is 42.7 Å². The summed E-state index contributed by atoms with van der Waals surface area (Å²) in [5.74, 6) is 0.863. The summed E-state index contributed by atoms with van der Waals surface area (Å²) in [6.07, 6.45) is 2.54. The molecule has 2 heterocycles. The number of aliphatic imine (C=N–C) groups is 1. The first kappa shape index (κ1) is 21.1. The predicted molar refractivity (Wildman–Crippen MR) is 105 cm³/mol. The van der Waals surface area contributed by atoms with Gasteiger partial charge in [0.15, 0.2) is 5.96 Å². The van der Waals surface area contributed by atoms with Crippen molar-refractivity contribution >= 4 is 17.3 Å². The van der Waals surface area contributed by atoms with Gasteiger partial charge in [-0.05, 0) is 26.7 Å².